The van der Waals surface area contributed by atoms with Crippen LogP contribution in [0.3, 0.4) is 0 Å². The SMILES string of the molecule is CCc1ccc(S(=O)(=O)NN)c(NNS(=O)(=O)c2ccc(C)cc2)c1. The molecule has 0 amide bonds. The number of hydrogen-bond acceptors (Lipinski definition) is 6. The fraction of sp³-hybridized carbons (Fsp3) is 0.200. The van der Waals surface area contributed by atoms with E-state index in [1.54, 1.807) is 29.1 Å². The Bertz CT molecular complexity index is 956. The summed E-state index contributed by atoms with van der Waals surface area (Å²) < 4.78 is 48.7. The first kappa shape index (κ1) is 19.3. The first-order valence-electron chi connectivity index (χ1n) is 7.39. The van der Waals surface area contributed by atoms with Crippen molar-refractivity contribution in [3.63, 3.8) is 0 Å². The molecule has 0 spiro atoms. The van der Waals surface area contributed by atoms with Crippen molar-refractivity contribution in [2.45, 2.75) is 30.1 Å². The van der Waals surface area contributed by atoms with Crippen molar-refractivity contribution in [1.82, 2.24) is 9.66 Å². The summed E-state index contributed by atoms with van der Waals surface area (Å²) in [6, 6.07) is 10.8. The molecule has 0 aliphatic carbocycles. The van der Waals surface area contributed by atoms with Crippen LogP contribution in [0.15, 0.2) is 52.3 Å². The second-order valence-electron chi connectivity index (χ2n) is 5.35. The van der Waals surface area contributed by atoms with Gasteiger partial charge in [0.1, 0.15) is 4.90 Å². The molecule has 0 saturated carbocycles. The van der Waals surface area contributed by atoms with Gasteiger partial charge in [0.25, 0.3) is 20.0 Å². The summed E-state index contributed by atoms with van der Waals surface area (Å²) in [6.07, 6.45) is 0.649. The Morgan fingerprint density at radius 1 is 0.960 bits per heavy atom. The Hall–Kier alpha value is -1.98. The molecule has 10 heteroatoms. The zero-order valence-electron chi connectivity index (χ0n) is 13.8. The molecule has 136 valence electrons. The molecule has 5 N–H and O–H groups in total. The van der Waals surface area contributed by atoms with E-state index in [2.05, 4.69) is 10.3 Å². The van der Waals surface area contributed by atoms with Gasteiger partial charge < -0.3 is 5.43 Å². The molecule has 2 aromatic carbocycles. The fourth-order valence-corrected chi connectivity index (χ4v) is 3.72. The third-order valence-electron chi connectivity index (χ3n) is 3.55. The summed E-state index contributed by atoms with van der Waals surface area (Å²) in [4.78, 5) is 3.80. The largest absolute Gasteiger partial charge is 0.306 e. The van der Waals surface area contributed by atoms with E-state index in [0.717, 1.165) is 11.1 Å². The second-order valence-corrected chi connectivity index (χ2v) is 8.71. The predicted molar refractivity (Wildman–Crippen MR) is 95.5 cm³/mol. The molecule has 0 atom stereocenters. The minimum atomic E-state index is -3.96. The quantitative estimate of drug-likeness (QED) is 0.416. The summed E-state index contributed by atoms with van der Waals surface area (Å²) in [5, 5.41) is 0. The van der Waals surface area contributed by atoms with Crippen LogP contribution >= 0.6 is 0 Å². The van der Waals surface area contributed by atoms with Crippen molar-refractivity contribution in [1.29, 1.82) is 0 Å². The Morgan fingerprint density at radius 3 is 2.16 bits per heavy atom. The standard InChI is InChI=1S/C15H20N4O4S2/c1-3-12-6-9-15(25(22,23)18-16)14(10-12)17-19-24(20,21)13-7-4-11(2)5-8-13/h4-10,17-19H,3,16H2,1-2H3. The molecular formula is C15H20N4O4S2. The molecular weight excluding hydrogens is 364 g/mol. The molecule has 2 rings (SSSR count). The summed E-state index contributed by atoms with van der Waals surface area (Å²) in [5.41, 5.74) is 4.29. The van der Waals surface area contributed by atoms with Crippen LogP contribution < -0.4 is 20.9 Å². The molecule has 0 bridgehead atoms. The molecule has 0 unspecified atom stereocenters. The molecule has 0 radical (unpaired) electrons. The topological polar surface area (TPSA) is 130 Å². The molecule has 0 heterocycles. The Kier molecular flexibility index (Phi) is 5.80. The molecule has 0 fully saturated rings. The molecule has 8 nitrogen and oxygen atoms in total. The van der Waals surface area contributed by atoms with Gasteiger partial charge in [-0.25, -0.2) is 16.8 Å². The number of aryl methyl sites for hydroxylation is 2. The van der Waals surface area contributed by atoms with E-state index >= 15 is 0 Å². The van der Waals surface area contributed by atoms with E-state index in [1.165, 1.54) is 18.2 Å². The van der Waals surface area contributed by atoms with Gasteiger partial charge in [-0.05, 0) is 43.2 Å². The number of rotatable bonds is 7. The van der Waals surface area contributed by atoms with Crippen molar-refractivity contribution in [3.05, 3.63) is 53.6 Å². The third-order valence-corrected chi connectivity index (χ3v) is 6.06. The van der Waals surface area contributed by atoms with E-state index in [0.29, 0.717) is 6.42 Å². The maximum atomic E-state index is 12.3. The zero-order valence-corrected chi connectivity index (χ0v) is 15.4. The summed E-state index contributed by atoms with van der Waals surface area (Å²) in [6.45, 7) is 3.74. The highest BCUT2D eigenvalue weighted by Gasteiger charge is 2.20. The van der Waals surface area contributed by atoms with Crippen LogP contribution in [0, 0.1) is 6.92 Å². The predicted octanol–water partition coefficient (Wildman–Crippen LogP) is 1.01. The average molecular weight is 384 g/mol. The molecule has 25 heavy (non-hydrogen) atoms. The highest BCUT2D eigenvalue weighted by molar-refractivity contribution is 7.90. The summed E-state index contributed by atoms with van der Waals surface area (Å²) >= 11 is 0. The molecule has 2 aromatic rings. The normalized spacial score (nSPS) is 12.1. The Balaban J connectivity index is 2.34. The van der Waals surface area contributed by atoms with Crippen LogP contribution in [0.1, 0.15) is 18.1 Å². The Labute approximate surface area is 147 Å². The van der Waals surface area contributed by atoms with E-state index < -0.39 is 20.0 Å². The number of hydrogen-bond donors (Lipinski definition) is 4. The monoisotopic (exact) mass is 384 g/mol. The lowest BCUT2D eigenvalue weighted by molar-refractivity contribution is 0.581. The van der Waals surface area contributed by atoms with Crippen LogP contribution in [0.5, 0.6) is 0 Å². The smallest absolute Gasteiger partial charge is 0.257 e. The van der Waals surface area contributed by atoms with E-state index in [9.17, 15) is 16.8 Å². The average Bonchev–Trinajstić information content (AvgIpc) is 2.60. The lowest BCUT2D eigenvalue weighted by Crippen LogP contribution is -2.33. The van der Waals surface area contributed by atoms with Gasteiger partial charge in [0, 0.05) is 0 Å². The number of anilines is 1. The first-order valence-corrected chi connectivity index (χ1v) is 10.4. The van der Waals surface area contributed by atoms with Crippen LogP contribution in [0.4, 0.5) is 5.69 Å². The Morgan fingerprint density at radius 2 is 1.60 bits per heavy atom. The van der Waals surface area contributed by atoms with Crippen LogP contribution in [-0.4, -0.2) is 16.8 Å². The lowest BCUT2D eigenvalue weighted by Gasteiger charge is -2.14. The van der Waals surface area contributed by atoms with Gasteiger partial charge in [-0.3, -0.25) is 5.84 Å². The number of sulfonamides is 2. The van der Waals surface area contributed by atoms with Crippen molar-refractivity contribution in [2.24, 2.45) is 5.84 Å². The maximum absolute atomic E-state index is 12.3. The van der Waals surface area contributed by atoms with Gasteiger partial charge in [0.2, 0.25) is 0 Å². The summed E-state index contributed by atoms with van der Waals surface area (Å²) in [5.74, 6) is 5.06. The lowest BCUT2D eigenvalue weighted by atomic mass is 10.1. The molecule has 0 aliphatic heterocycles. The first-order chi connectivity index (χ1) is 11.7. The minimum Gasteiger partial charge on any atom is -0.306 e. The van der Waals surface area contributed by atoms with Gasteiger partial charge in [-0.1, -0.05) is 30.7 Å². The second kappa shape index (κ2) is 7.50. The van der Waals surface area contributed by atoms with Crippen LogP contribution in [0.2, 0.25) is 0 Å². The molecule has 0 aromatic heterocycles. The van der Waals surface area contributed by atoms with Gasteiger partial charge in [0.15, 0.2) is 0 Å². The number of hydrazine groups is 2. The minimum absolute atomic E-state index is 0.0543. The van der Waals surface area contributed by atoms with Gasteiger partial charge >= 0.3 is 0 Å². The summed E-state index contributed by atoms with van der Waals surface area (Å²) in [7, 11) is -7.83. The zero-order chi connectivity index (χ0) is 18.7. The van der Waals surface area contributed by atoms with Crippen LogP contribution in [-0.2, 0) is 26.5 Å². The van der Waals surface area contributed by atoms with Crippen molar-refractivity contribution >= 4 is 25.7 Å². The van der Waals surface area contributed by atoms with E-state index in [1.807, 2.05) is 13.8 Å². The highest BCUT2D eigenvalue weighted by atomic mass is 32.2. The van der Waals surface area contributed by atoms with Gasteiger partial charge in [-0.2, -0.15) is 0 Å². The highest BCUT2D eigenvalue weighted by Crippen LogP contribution is 2.22. The number of benzene rings is 2. The third kappa shape index (κ3) is 4.55. The number of nitrogens with one attached hydrogen (secondary N) is 3. The van der Waals surface area contributed by atoms with Crippen molar-refractivity contribution in [2.75, 3.05) is 5.43 Å². The van der Waals surface area contributed by atoms with Crippen molar-refractivity contribution < 1.29 is 16.8 Å². The van der Waals surface area contributed by atoms with Gasteiger partial charge in [-0.15, -0.1) is 9.66 Å². The van der Waals surface area contributed by atoms with E-state index in [4.69, 9.17) is 5.84 Å². The fourth-order valence-electron chi connectivity index (χ4n) is 2.09. The van der Waals surface area contributed by atoms with Crippen LogP contribution in [0.25, 0.3) is 0 Å². The molecule has 0 saturated heterocycles. The molecule has 0 aliphatic rings. The number of nitrogens with two attached hydrogens (primary N) is 1. The van der Waals surface area contributed by atoms with Gasteiger partial charge in [0.05, 0.1) is 10.6 Å². The van der Waals surface area contributed by atoms with E-state index in [-0.39, 0.29) is 15.5 Å². The maximum Gasteiger partial charge on any atom is 0.257 e. The van der Waals surface area contributed by atoms with Crippen molar-refractivity contribution in [3.8, 4) is 0 Å².